The van der Waals surface area contributed by atoms with Gasteiger partial charge in [-0.2, -0.15) is 0 Å². The van der Waals surface area contributed by atoms with Crippen LogP contribution in [0.3, 0.4) is 0 Å². The first kappa shape index (κ1) is 17.5. The highest BCUT2D eigenvalue weighted by molar-refractivity contribution is 5.90. The number of ether oxygens (including phenoxy) is 1. The first-order chi connectivity index (χ1) is 10.1. The third-order valence-electron chi connectivity index (χ3n) is 5.75. The van der Waals surface area contributed by atoms with E-state index in [1.54, 1.807) is 0 Å². The number of esters is 1. The Hall–Kier alpha value is -0.810. The van der Waals surface area contributed by atoms with Crippen molar-refractivity contribution in [2.45, 2.75) is 56.9 Å². The van der Waals surface area contributed by atoms with Crippen LogP contribution in [0, 0.1) is 11.3 Å². The Balaban J connectivity index is 0.00000176. The van der Waals surface area contributed by atoms with Crippen LogP contribution in [0.5, 0.6) is 0 Å². The minimum absolute atomic E-state index is 0. The summed E-state index contributed by atoms with van der Waals surface area (Å²) < 4.78 is 4.97. The number of hydrogen-bond donors (Lipinski definition) is 2. The summed E-state index contributed by atoms with van der Waals surface area (Å²) in [6.07, 6.45) is 7.67. The fourth-order valence-electron chi connectivity index (χ4n) is 4.25. The predicted molar refractivity (Wildman–Crippen MR) is 85.9 cm³/mol. The van der Waals surface area contributed by atoms with Gasteiger partial charge in [-0.05, 0) is 50.6 Å². The van der Waals surface area contributed by atoms with Crippen molar-refractivity contribution in [3.8, 4) is 0 Å². The molecule has 1 unspecified atom stereocenters. The molecule has 1 amide bonds. The van der Waals surface area contributed by atoms with E-state index in [9.17, 15) is 9.59 Å². The van der Waals surface area contributed by atoms with E-state index in [0.29, 0.717) is 12.8 Å². The van der Waals surface area contributed by atoms with Gasteiger partial charge in [-0.3, -0.25) is 4.79 Å². The number of nitrogens with one attached hydrogen (secondary N) is 2. The van der Waals surface area contributed by atoms with Crippen molar-refractivity contribution >= 4 is 24.3 Å². The van der Waals surface area contributed by atoms with Gasteiger partial charge in [-0.15, -0.1) is 12.4 Å². The topological polar surface area (TPSA) is 67.4 Å². The Labute approximate surface area is 138 Å². The minimum atomic E-state index is -0.763. The molecule has 0 aromatic carbocycles. The van der Waals surface area contributed by atoms with Crippen LogP contribution in [0.25, 0.3) is 0 Å². The Morgan fingerprint density at radius 3 is 2.32 bits per heavy atom. The number of methoxy groups -OCH3 is 1. The molecule has 5 nitrogen and oxygen atoms in total. The standard InChI is InChI=1S/C16H26N2O3.ClH/c1-21-14(20)16(5-3-2-4-6-16)18-13(19)12-11-15(12)7-9-17-10-8-15;/h12,17H,2-11H2,1H3,(H,18,19);1H. The van der Waals surface area contributed by atoms with Crippen LogP contribution in [-0.4, -0.2) is 37.6 Å². The smallest absolute Gasteiger partial charge is 0.331 e. The van der Waals surface area contributed by atoms with Crippen LogP contribution >= 0.6 is 12.4 Å². The third kappa shape index (κ3) is 3.11. The molecule has 1 heterocycles. The van der Waals surface area contributed by atoms with Crippen LogP contribution in [0.1, 0.15) is 51.4 Å². The molecule has 22 heavy (non-hydrogen) atoms. The summed E-state index contributed by atoms with van der Waals surface area (Å²) in [7, 11) is 1.41. The number of halogens is 1. The minimum Gasteiger partial charge on any atom is -0.467 e. The average molecular weight is 331 g/mol. The number of carbonyl (C=O) groups excluding carboxylic acids is 2. The van der Waals surface area contributed by atoms with E-state index < -0.39 is 5.54 Å². The zero-order valence-corrected chi connectivity index (χ0v) is 14.1. The van der Waals surface area contributed by atoms with E-state index >= 15 is 0 Å². The molecule has 1 atom stereocenters. The molecule has 0 aromatic heterocycles. The second-order valence-electron chi connectivity index (χ2n) is 6.99. The highest BCUT2D eigenvalue weighted by Gasteiger charge is 2.59. The van der Waals surface area contributed by atoms with Crippen molar-refractivity contribution in [3.05, 3.63) is 0 Å². The molecule has 3 rings (SSSR count). The second kappa shape index (κ2) is 6.75. The largest absolute Gasteiger partial charge is 0.467 e. The number of piperidine rings is 1. The molecule has 0 aromatic rings. The van der Waals surface area contributed by atoms with E-state index in [0.717, 1.165) is 51.6 Å². The number of carbonyl (C=O) groups is 2. The molecule has 0 bridgehead atoms. The van der Waals surface area contributed by atoms with Gasteiger partial charge in [0.2, 0.25) is 5.91 Å². The molecule has 2 N–H and O–H groups in total. The molecule has 3 aliphatic rings. The van der Waals surface area contributed by atoms with Crippen LogP contribution in [0.4, 0.5) is 0 Å². The molecule has 1 aliphatic heterocycles. The zero-order chi connectivity index (χ0) is 14.9. The van der Waals surface area contributed by atoms with Crippen LogP contribution in [0.2, 0.25) is 0 Å². The fourth-order valence-corrected chi connectivity index (χ4v) is 4.25. The molecule has 2 aliphatic carbocycles. The van der Waals surface area contributed by atoms with Crippen molar-refractivity contribution in [1.82, 2.24) is 10.6 Å². The molecule has 126 valence electrons. The van der Waals surface area contributed by atoms with E-state index in [-0.39, 0.29) is 35.6 Å². The van der Waals surface area contributed by atoms with E-state index in [1.807, 2.05) is 0 Å². The lowest BCUT2D eigenvalue weighted by Crippen LogP contribution is -2.56. The van der Waals surface area contributed by atoms with Gasteiger partial charge in [0, 0.05) is 5.92 Å². The summed E-state index contributed by atoms with van der Waals surface area (Å²) in [5.41, 5.74) is -0.553. The molecule has 0 radical (unpaired) electrons. The molecular weight excluding hydrogens is 304 g/mol. The van der Waals surface area contributed by atoms with Gasteiger partial charge < -0.3 is 15.4 Å². The maximum Gasteiger partial charge on any atom is 0.331 e. The lowest BCUT2D eigenvalue weighted by atomic mass is 9.81. The molecule has 1 saturated heterocycles. The Kier molecular flexibility index (Phi) is 5.38. The quantitative estimate of drug-likeness (QED) is 0.774. The lowest BCUT2D eigenvalue weighted by Gasteiger charge is -2.35. The van der Waals surface area contributed by atoms with Gasteiger partial charge >= 0.3 is 5.97 Å². The Bertz CT molecular complexity index is 429. The summed E-state index contributed by atoms with van der Waals surface area (Å²) in [5.74, 6) is -0.0946. The van der Waals surface area contributed by atoms with Gasteiger partial charge in [-0.1, -0.05) is 19.3 Å². The third-order valence-corrected chi connectivity index (χ3v) is 5.75. The summed E-state index contributed by atoms with van der Waals surface area (Å²) in [4.78, 5) is 24.8. The molecule has 1 spiro atoms. The normalized spacial score (nSPS) is 28.3. The van der Waals surface area contributed by atoms with Gasteiger partial charge in [0.15, 0.2) is 0 Å². The summed E-state index contributed by atoms with van der Waals surface area (Å²) in [5, 5.41) is 6.43. The van der Waals surface area contributed by atoms with E-state index in [1.165, 1.54) is 7.11 Å². The van der Waals surface area contributed by atoms with Gasteiger partial charge in [-0.25, -0.2) is 4.79 Å². The van der Waals surface area contributed by atoms with Crippen molar-refractivity contribution in [1.29, 1.82) is 0 Å². The van der Waals surface area contributed by atoms with Crippen molar-refractivity contribution in [3.63, 3.8) is 0 Å². The highest BCUT2D eigenvalue weighted by atomic mass is 35.5. The van der Waals surface area contributed by atoms with Crippen molar-refractivity contribution in [2.24, 2.45) is 11.3 Å². The monoisotopic (exact) mass is 330 g/mol. The molecule has 6 heteroatoms. The molecule has 3 fully saturated rings. The van der Waals surface area contributed by atoms with E-state index in [2.05, 4.69) is 10.6 Å². The maximum atomic E-state index is 12.6. The first-order valence-corrected chi connectivity index (χ1v) is 8.23. The van der Waals surface area contributed by atoms with Crippen molar-refractivity contribution < 1.29 is 14.3 Å². The zero-order valence-electron chi connectivity index (χ0n) is 13.3. The van der Waals surface area contributed by atoms with Crippen LogP contribution in [0.15, 0.2) is 0 Å². The SMILES string of the molecule is COC(=O)C1(NC(=O)C2CC23CCNCC3)CCCCC1.Cl. The van der Waals surface area contributed by atoms with Gasteiger partial charge in [0.25, 0.3) is 0 Å². The predicted octanol–water partition coefficient (Wildman–Crippen LogP) is 1.79. The number of hydrogen-bond acceptors (Lipinski definition) is 4. The Morgan fingerprint density at radius 1 is 1.09 bits per heavy atom. The van der Waals surface area contributed by atoms with Crippen LogP contribution in [-0.2, 0) is 14.3 Å². The van der Waals surface area contributed by atoms with Gasteiger partial charge in [0.05, 0.1) is 7.11 Å². The van der Waals surface area contributed by atoms with Crippen LogP contribution < -0.4 is 10.6 Å². The lowest BCUT2D eigenvalue weighted by molar-refractivity contribution is -0.153. The van der Waals surface area contributed by atoms with Crippen molar-refractivity contribution in [2.75, 3.05) is 20.2 Å². The highest BCUT2D eigenvalue weighted by Crippen LogP contribution is 2.58. The summed E-state index contributed by atoms with van der Waals surface area (Å²) in [6.45, 7) is 2.01. The van der Waals surface area contributed by atoms with E-state index in [4.69, 9.17) is 4.74 Å². The summed E-state index contributed by atoms with van der Waals surface area (Å²) in [6, 6.07) is 0. The average Bonchev–Trinajstić information content (AvgIpc) is 3.21. The summed E-state index contributed by atoms with van der Waals surface area (Å²) >= 11 is 0. The van der Waals surface area contributed by atoms with Gasteiger partial charge in [0.1, 0.15) is 5.54 Å². The fraction of sp³-hybridized carbons (Fsp3) is 0.875. The second-order valence-corrected chi connectivity index (χ2v) is 6.99. The Morgan fingerprint density at radius 2 is 1.73 bits per heavy atom. The maximum absolute atomic E-state index is 12.6. The number of amides is 1. The molecule has 2 saturated carbocycles. The first-order valence-electron chi connectivity index (χ1n) is 8.23. The number of rotatable bonds is 3. The molecular formula is C16H27ClN2O3.